The van der Waals surface area contributed by atoms with Gasteiger partial charge in [0.25, 0.3) is 5.91 Å². The van der Waals surface area contributed by atoms with Crippen molar-refractivity contribution in [2.45, 2.75) is 25.0 Å². The normalized spacial score (nSPS) is 27.9. The van der Waals surface area contributed by atoms with Gasteiger partial charge in [-0.2, -0.15) is 10.2 Å². The number of morpholine rings is 1. The zero-order valence-corrected chi connectivity index (χ0v) is 12.2. The van der Waals surface area contributed by atoms with E-state index >= 15 is 0 Å². The summed E-state index contributed by atoms with van der Waals surface area (Å²) in [5.74, 6) is 0.608. The Morgan fingerprint density at radius 3 is 2.91 bits per heavy atom. The molecule has 1 aliphatic carbocycles. The molecule has 22 heavy (non-hydrogen) atoms. The van der Waals surface area contributed by atoms with Crippen LogP contribution in [0.1, 0.15) is 23.2 Å². The molecule has 2 amide bonds. The Bertz CT molecular complexity index is 590. The highest BCUT2D eigenvalue weighted by Crippen LogP contribution is 2.33. The van der Waals surface area contributed by atoms with Gasteiger partial charge in [-0.3, -0.25) is 9.59 Å². The highest BCUT2D eigenvalue weighted by atomic mass is 16.5. The van der Waals surface area contributed by atoms with E-state index in [4.69, 9.17) is 4.74 Å². The van der Waals surface area contributed by atoms with Crippen LogP contribution < -0.4 is 0 Å². The Morgan fingerprint density at radius 1 is 1.32 bits per heavy atom. The number of fused-ring (bicyclic) bond motifs is 1. The highest BCUT2D eigenvalue weighted by Gasteiger charge is 2.45. The quantitative estimate of drug-likeness (QED) is 0.782. The van der Waals surface area contributed by atoms with Gasteiger partial charge in [-0.05, 0) is 24.8 Å². The van der Waals surface area contributed by atoms with Gasteiger partial charge in [0.2, 0.25) is 5.91 Å². The van der Waals surface area contributed by atoms with Crippen LogP contribution in [0.2, 0.25) is 0 Å². The summed E-state index contributed by atoms with van der Waals surface area (Å²) < 4.78 is 5.65. The average Bonchev–Trinajstić information content (AvgIpc) is 3.26. The van der Waals surface area contributed by atoms with Crippen LogP contribution in [0, 0.1) is 5.92 Å². The molecule has 2 saturated heterocycles. The fourth-order valence-electron chi connectivity index (χ4n) is 3.25. The second-order valence-corrected chi connectivity index (χ2v) is 6.25. The van der Waals surface area contributed by atoms with Crippen LogP contribution in [-0.2, 0) is 9.53 Å². The zero-order chi connectivity index (χ0) is 15.1. The summed E-state index contributed by atoms with van der Waals surface area (Å²) in [5, 5.41) is 7.44. The van der Waals surface area contributed by atoms with Crippen molar-refractivity contribution < 1.29 is 14.3 Å². The molecule has 1 aromatic rings. The summed E-state index contributed by atoms with van der Waals surface area (Å²) in [6.45, 7) is 2.00. The first-order valence-electron chi connectivity index (χ1n) is 7.69. The van der Waals surface area contributed by atoms with E-state index in [0.717, 1.165) is 6.54 Å². The van der Waals surface area contributed by atoms with Crippen molar-refractivity contribution >= 4 is 11.8 Å². The smallest absolute Gasteiger partial charge is 0.255 e. The van der Waals surface area contributed by atoms with E-state index in [1.165, 1.54) is 25.2 Å². The van der Waals surface area contributed by atoms with E-state index in [1.54, 1.807) is 11.0 Å². The standard InChI is InChI=1S/C15H18N4O3/c20-14-9-22-13-8-18(15(21)11-3-4-16-17-5-11)7-12(13)19(14)6-10-1-2-10/h3-5,10,12-13H,1-2,6-9H2/t12-,13-/m1/s1. The summed E-state index contributed by atoms with van der Waals surface area (Å²) in [4.78, 5) is 28.3. The van der Waals surface area contributed by atoms with Crippen LogP contribution in [0.5, 0.6) is 0 Å². The van der Waals surface area contributed by atoms with Gasteiger partial charge >= 0.3 is 0 Å². The van der Waals surface area contributed by atoms with Crippen molar-refractivity contribution in [3.05, 3.63) is 24.0 Å². The van der Waals surface area contributed by atoms with Crippen molar-refractivity contribution in [3.8, 4) is 0 Å². The van der Waals surface area contributed by atoms with E-state index in [0.29, 0.717) is 24.6 Å². The monoisotopic (exact) mass is 302 g/mol. The van der Waals surface area contributed by atoms with Gasteiger partial charge in [-0.15, -0.1) is 0 Å². The predicted octanol–water partition coefficient (Wildman–Crippen LogP) is -0.0616. The Kier molecular flexibility index (Phi) is 3.29. The number of hydrogen-bond donors (Lipinski definition) is 0. The number of carbonyl (C=O) groups is 2. The van der Waals surface area contributed by atoms with Gasteiger partial charge in [0, 0.05) is 19.6 Å². The number of likely N-dealkylation sites (tertiary alicyclic amines) is 1. The third-order valence-electron chi connectivity index (χ3n) is 4.65. The van der Waals surface area contributed by atoms with E-state index in [1.807, 2.05) is 4.90 Å². The topological polar surface area (TPSA) is 75.6 Å². The highest BCUT2D eigenvalue weighted by molar-refractivity contribution is 5.94. The second kappa shape index (κ2) is 5.31. The van der Waals surface area contributed by atoms with Gasteiger partial charge < -0.3 is 14.5 Å². The molecular formula is C15H18N4O3. The van der Waals surface area contributed by atoms with Crippen LogP contribution in [0.4, 0.5) is 0 Å². The molecule has 2 atom stereocenters. The molecule has 4 rings (SSSR count). The number of ether oxygens (including phenoxy) is 1. The summed E-state index contributed by atoms with van der Waals surface area (Å²) in [6.07, 6.45) is 5.31. The lowest BCUT2D eigenvalue weighted by molar-refractivity contribution is -0.153. The third kappa shape index (κ3) is 2.45. The largest absolute Gasteiger partial charge is 0.364 e. The maximum absolute atomic E-state index is 12.5. The molecule has 0 aromatic carbocycles. The maximum Gasteiger partial charge on any atom is 0.255 e. The lowest BCUT2D eigenvalue weighted by Gasteiger charge is -2.36. The SMILES string of the molecule is O=C(c1ccnnc1)N1C[C@@H]2[C@@H](C1)OCC(=O)N2CC1CC1. The van der Waals surface area contributed by atoms with Gasteiger partial charge in [0.15, 0.2) is 0 Å². The minimum atomic E-state index is -0.0771. The average molecular weight is 302 g/mol. The van der Waals surface area contributed by atoms with Crippen LogP contribution >= 0.6 is 0 Å². The van der Waals surface area contributed by atoms with E-state index in [-0.39, 0.29) is 30.6 Å². The van der Waals surface area contributed by atoms with Crippen LogP contribution in [-0.4, -0.2) is 70.2 Å². The number of nitrogens with zero attached hydrogens (tertiary/aromatic N) is 4. The van der Waals surface area contributed by atoms with E-state index in [9.17, 15) is 9.59 Å². The fraction of sp³-hybridized carbons (Fsp3) is 0.600. The van der Waals surface area contributed by atoms with E-state index in [2.05, 4.69) is 10.2 Å². The van der Waals surface area contributed by atoms with Gasteiger partial charge in [0.05, 0.1) is 30.1 Å². The first kappa shape index (κ1) is 13.6. The second-order valence-electron chi connectivity index (χ2n) is 6.25. The van der Waals surface area contributed by atoms with Crippen molar-refractivity contribution in [1.29, 1.82) is 0 Å². The van der Waals surface area contributed by atoms with Crippen molar-refractivity contribution in [3.63, 3.8) is 0 Å². The molecule has 3 aliphatic rings. The lowest BCUT2D eigenvalue weighted by atomic mass is 10.1. The lowest BCUT2D eigenvalue weighted by Crippen LogP contribution is -2.54. The van der Waals surface area contributed by atoms with Crippen LogP contribution in [0.3, 0.4) is 0 Å². The van der Waals surface area contributed by atoms with E-state index < -0.39 is 0 Å². The first-order valence-corrected chi connectivity index (χ1v) is 7.69. The number of aromatic nitrogens is 2. The minimum absolute atomic E-state index is 0.0133. The van der Waals surface area contributed by atoms with Gasteiger partial charge in [-0.1, -0.05) is 0 Å². The molecule has 3 heterocycles. The van der Waals surface area contributed by atoms with Gasteiger partial charge in [-0.25, -0.2) is 0 Å². The van der Waals surface area contributed by atoms with Gasteiger partial charge in [0.1, 0.15) is 6.61 Å². The zero-order valence-electron chi connectivity index (χ0n) is 12.2. The van der Waals surface area contributed by atoms with Crippen molar-refractivity contribution in [1.82, 2.24) is 20.0 Å². The summed E-state index contributed by atoms with van der Waals surface area (Å²) in [6, 6.07) is 1.64. The van der Waals surface area contributed by atoms with Crippen LogP contribution in [0.15, 0.2) is 18.5 Å². The summed E-state index contributed by atoms with van der Waals surface area (Å²) >= 11 is 0. The molecule has 1 saturated carbocycles. The fourth-order valence-corrected chi connectivity index (χ4v) is 3.25. The Balaban J connectivity index is 1.49. The molecule has 7 heteroatoms. The molecule has 0 unspecified atom stereocenters. The molecule has 0 bridgehead atoms. The Labute approximate surface area is 128 Å². The predicted molar refractivity (Wildman–Crippen MR) is 75.9 cm³/mol. The Morgan fingerprint density at radius 2 is 2.18 bits per heavy atom. The number of rotatable bonds is 3. The molecule has 116 valence electrons. The molecule has 2 aliphatic heterocycles. The molecule has 1 aromatic heterocycles. The Hall–Kier alpha value is -2.02. The molecule has 0 radical (unpaired) electrons. The third-order valence-corrected chi connectivity index (χ3v) is 4.65. The number of amides is 2. The minimum Gasteiger partial charge on any atom is -0.364 e. The molecule has 7 nitrogen and oxygen atoms in total. The summed E-state index contributed by atoms with van der Waals surface area (Å²) in [5.41, 5.74) is 0.522. The van der Waals surface area contributed by atoms with Crippen molar-refractivity contribution in [2.24, 2.45) is 5.92 Å². The first-order chi connectivity index (χ1) is 10.7. The van der Waals surface area contributed by atoms with Crippen LogP contribution in [0.25, 0.3) is 0 Å². The van der Waals surface area contributed by atoms with Crippen molar-refractivity contribution in [2.75, 3.05) is 26.2 Å². The maximum atomic E-state index is 12.5. The molecule has 0 spiro atoms. The molecule has 3 fully saturated rings. The summed E-state index contributed by atoms with van der Waals surface area (Å²) in [7, 11) is 0. The number of carbonyl (C=O) groups excluding carboxylic acids is 2. The molecular weight excluding hydrogens is 284 g/mol. The molecule has 0 N–H and O–H groups in total. The number of hydrogen-bond acceptors (Lipinski definition) is 5.